The van der Waals surface area contributed by atoms with E-state index in [9.17, 15) is 18.4 Å². The van der Waals surface area contributed by atoms with E-state index in [1.807, 2.05) is 0 Å². The molecule has 2 aromatic rings. The molecule has 7 heteroatoms. The minimum Gasteiger partial charge on any atom is -0.489 e. The van der Waals surface area contributed by atoms with Gasteiger partial charge in [-0.2, -0.15) is 0 Å². The fourth-order valence-corrected chi connectivity index (χ4v) is 1.78. The van der Waals surface area contributed by atoms with Gasteiger partial charge in [0.15, 0.2) is 0 Å². The second-order valence-corrected chi connectivity index (χ2v) is 4.67. The van der Waals surface area contributed by atoms with Crippen LogP contribution >= 0.6 is 0 Å². The van der Waals surface area contributed by atoms with E-state index in [1.165, 1.54) is 30.3 Å². The number of halogens is 2. The summed E-state index contributed by atoms with van der Waals surface area (Å²) in [6, 6.07) is 9.34. The molecule has 1 amide bonds. The molecule has 0 aliphatic rings. The molecule has 0 aliphatic heterocycles. The highest BCUT2D eigenvalue weighted by Crippen LogP contribution is 2.18. The molecule has 0 unspecified atom stereocenters. The van der Waals surface area contributed by atoms with Crippen molar-refractivity contribution in [2.75, 3.05) is 5.32 Å². The Labute approximate surface area is 130 Å². The fourth-order valence-electron chi connectivity index (χ4n) is 1.78. The predicted molar refractivity (Wildman–Crippen MR) is 78.0 cm³/mol. The van der Waals surface area contributed by atoms with Gasteiger partial charge in [0.2, 0.25) is 5.91 Å². The number of nitrogens with one attached hydrogen (secondary N) is 1. The first-order valence-corrected chi connectivity index (χ1v) is 6.62. The standard InChI is InChI=1S/C16H13F2NO4/c17-11-2-1-10(14(18)7-11)9-23-13-5-3-12(4-6-13)19-15(20)8-16(21)22/h1-7H,8-9H2,(H,19,20)(H,21,22). The van der Waals surface area contributed by atoms with Crippen LogP contribution in [0.3, 0.4) is 0 Å². The van der Waals surface area contributed by atoms with Gasteiger partial charge >= 0.3 is 5.97 Å². The Hall–Kier alpha value is -2.96. The Morgan fingerprint density at radius 1 is 1.09 bits per heavy atom. The van der Waals surface area contributed by atoms with E-state index < -0.39 is 29.9 Å². The summed E-state index contributed by atoms with van der Waals surface area (Å²) >= 11 is 0. The lowest BCUT2D eigenvalue weighted by Gasteiger charge is -2.09. The number of benzene rings is 2. The molecular weight excluding hydrogens is 308 g/mol. The predicted octanol–water partition coefficient (Wildman–Crippen LogP) is 2.96. The first-order valence-electron chi connectivity index (χ1n) is 6.62. The van der Waals surface area contributed by atoms with Crippen molar-refractivity contribution in [3.63, 3.8) is 0 Å². The normalized spacial score (nSPS) is 10.2. The zero-order valence-corrected chi connectivity index (χ0v) is 11.9. The van der Waals surface area contributed by atoms with Gasteiger partial charge in [-0.15, -0.1) is 0 Å². The number of ether oxygens (including phenoxy) is 1. The third-order valence-electron chi connectivity index (χ3n) is 2.86. The van der Waals surface area contributed by atoms with Gasteiger partial charge in [-0.25, -0.2) is 8.78 Å². The average molecular weight is 321 g/mol. The summed E-state index contributed by atoms with van der Waals surface area (Å²) in [7, 11) is 0. The smallest absolute Gasteiger partial charge is 0.312 e. The number of anilines is 1. The Morgan fingerprint density at radius 2 is 1.78 bits per heavy atom. The Kier molecular flexibility index (Phi) is 5.24. The minimum absolute atomic E-state index is 0.0726. The van der Waals surface area contributed by atoms with E-state index in [-0.39, 0.29) is 12.2 Å². The van der Waals surface area contributed by atoms with Crippen LogP contribution in [-0.4, -0.2) is 17.0 Å². The molecule has 0 radical (unpaired) electrons. The Balaban J connectivity index is 1.92. The third kappa shape index (κ3) is 5.06. The molecule has 5 nitrogen and oxygen atoms in total. The summed E-state index contributed by atoms with van der Waals surface area (Å²) in [5.41, 5.74) is 0.627. The number of carboxylic acid groups (broad SMARTS) is 1. The maximum atomic E-state index is 13.4. The molecule has 0 spiro atoms. The summed E-state index contributed by atoms with van der Waals surface area (Å²) in [4.78, 5) is 21.7. The summed E-state index contributed by atoms with van der Waals surface area (Å²) in [5.74, 6) is -2.79. The lowest BCUT2D eigenvalue weighted by Crippen LogP contribution is -2.15. The lowest BCUT2D eigenvalue weighted by molar-refractivity contribution is -0.139. The zero-order valence-electron chi connectivity index (χ0n) is 11.9. The summed E-state index contributed by atoms with van der Waals surface area (Å²) in [6.45, 7) is -0.0726. The van der Waals surface area contributed by atoms with E-state index in [2.05, 4.69) is 5.32 Å². The number of aliphatic carboxylic acids is 1. The molecular formula is C16H13F2NO4. The highest BCUT2D eigenvalue weighted by molar-refractivity contribution is 6.01. The average Bonchev–Trinajstić information content (AvgIpc) is 2.47. The number of hydrogen-bond donors (Lipinski definition) is 2. The molecule has 0 aromatic heterocycles. The summed E-state index contributed by atoms with van der Waals surface area (Å²) < 4.78 is 31.6. The zero-order chi connectivity index (χ0) is 16.8. The van der Waals surface area contributed by atoms with Crippen molar-refractivity contribution in [2.45, 2.75) is 13.0 Å². The van der Waals surface area contributed by atoms with Crippen LogP contribution in [0.25, 0.3) is 0 Å². The number of amides is 1. The van der Waals surface area contributed by atoms with Gasteiger partial charge < -0.3 is 15.2 Å². The molecule has 120 valence electrons. The van der Waals surface area contributed by atoms with Gasteiger partial charge in [-0.1, -0.05) is 0 Å². The van der Waals surface area contributed by atoms with Gasteiger partial charge in [0, 0.05) is 17.3 Å². The van der Waals surface area contributed by atoms with Crippen molar-refractivity contribution >= 4 is 17.6 Å². The fraction of sp³-hybridized carbons (Fsp3) is 0.125. The van der Waals surface area contributed by atoms with Gasteiger partial charge in [0.05, 0.1) is 0 Å². The van der Waals surface area contributed by atoms with Gasteiger partial charge in [-0.05, 0) is 36.4 Å². The van der Waals surface area contributed by atoms with Crippen LogP contribution in [0.4, 0.5) is 14.5 Å². The van der Waals surface area contributed by atoms with E-state index in [1.54, 1.807) is 0 Å². The van der Waals surface area contributed by atoms with Crippen molar-refractivity contribution in [3.8, 4) is 5.75 Å². The molecule has 2 N–H and O–H groups in total. The molecule has 23 heavy (non-hydrogen) atoms. The van der Waals surface area contributed by atoms with Crippen molar-refractivity contribution in [1.29, 1.82) is 0 Å². The van der Waals surface area contributed by atoms with Crippen LogP contribution in [0, 0.1) is 11.6 Å². The van der Waals surface area contributed by atoms with E-state index >= 15 is 0 Å². The van der Waals surface area contributed by atoms with Gasteiger partial charge in [-0.3, -0.25) is 9.59 Å². The molecule has 0 saturated heterocycles. The SMILES string of the molecule is O=C(O)CC(=O)Nc1ccc(OCc2ccc(F)cc2F)cc1. The van der Waals surface area contributed by atoms with Crippen LogP contribution in [-0.2, 0) is 16.2 Å². The molecule has 0 heterocycles. The third-order valence-corrected chi connectivity index (χ3v) is 2.86. The highest BCUT2D eigenvalue weighted by atomic mass is 19.1. The van der Waals surface area contributed by atoms with Crippen LogP contribution in [0.15, 0.2) is 42.5 Å². The molecule has 2 aromatic carbocycles. The maximum Gasteiger partial charge on any atom is 0.312 e. The van der Waals surface area contributed by atoms with Gasteiger partial charge in [0.25, 0.3) is 0 Å². The number of carboxylic acids is 1. The van der Waals surface area contributed by atoms with Crippen molar-refractivity contribution in [3.05, 3.63) is 59.7 Å². The Bertz CT molecular complexity index is 717. The van der Waals surface area contributed by atoms with Crippen LogP contribution in [0.1, 0.15) is 12.0 Å². The van der Waals surface area contributed by atoms with E-state index in [4.69, 9.17) is 9.84 Å². The van der Waals surface area contributed by atoms with Crippen molar-refractivity contribution < 1.29 is 28.2 Å². The van der Waals surface area contributed by atoms with Crippen LogP contribution in [0.5, 0.6) is 5.75 Å². The monoisotopic (exact) mass is 321 g/mol. The Morgan fingerprint density at radius 3 is 2.39 bits per heavy atom. The molecule has 2 rings (SSSR count). The van der Waals surface area contributed by atoms with Crippen molar-refractivity contribution in [1.82, 2.24) is 0 Å². The maximum absolute atomic E-state index is 13.4. The van der Waals surface area contributed by atoms with Gasteiger partial charge in [0.1, 0.15) is 30.4 Å². The number of hydrogen-bond acceptors (Lipinski definition) is 3. The lowest BCUT2D eigenvalue weighted by atomic mass is 10.2. The van der Waals surface area contributed by atoms with E-state index in [0.29, 0.717) is 11.4 Å². The first-order chi connectivity index (χ1) is 10.9. The second-order valence-electron chi connectivity index (χ2n) is 4.67. The minimum atomic E-state index is -1.22. The molecule has 0 atom stereocenters. The molecule has 0 fully saturated rings. The van der Waals surface area contributed by atoms with Crippen molar-refractivity contribution in [2.24, 2.45) is 0 Å². The number of carbonyl (C=O) groups excluding carboxylic acids is 1. The first kappa shape index (κ1) is 16.4. The topological polar surface area (TPSA) is 75.6 Å². The van der Waals surface area contributed by atoms with Crippen LogP contribution < -0.4 is 10.1 Å². The second kappa shape index (κ2) is 7.35. The van der Waals surface area contributed by atoms with E-state index in [0.717, 1.165) is 12.1 Å². The quantitative estimate of drug-likeness (QED) is 0.802. The van der Waals surface area contributed by atoms with Crippen LogP contribution in [0.2, 0.25) is 0 Å². The molecule has 0 bridgehead atoms. The summed E-state index contributed by atoms with van der Waals surface area (Å²) in [6.07, 6.45) is -0.623. The summed E-state index contributed by atoms with van der Waals surface area (Å²) in [5, 5.41) is 10.9. The molecule has 0 aliphatic carbocycles. The number of carbonyl (C=O) groups is 2. The molecule has 0 saturated carbocycles. The highest BCUT2D eigenvalue weighted by Gasteiger charge is 2.08. The largest absolute Gasteiger partial charge is 0.489 e. The number of rotatable bonds is 6.